The number of amides is 2. The van der Waals surface area contributed by atoms with Crippen molar-refractivity contribution >= 4 is 29.0 Å². The Hall–Kier alpha value is -1.62. The Morgan fingerprint density at radius 3 is 2.71 bits per heavy atom. The molecule has 17 heavy (non-hydrogen) atoms. The van der Waals surface area contributed by atoms with Gasteiger partial charge < -0.3 is 5.32 Å². The van der Waals surface area contributed by atoms with E-state index in [9.17, 15) is 4.79 Å². The largest absolute Gasteiger partial charge is 0.362 e. The number of hydrogen-bond acceptors (Lipinski definition) is 2. The van der Waals surface area contributed by atoms with Gasteiger partial charge in [-0.25, -0.2) is 4.79 Å². The molecule has 1 aliphatic rings. The van der Waals surface area contributed by atoms with Crippen molar-refractivity contribution in [1.82, 2.24) is 10.2 Å². The van der Waals surface area contributed by atoms with Crippen LogP contribution in [0.15, 0.2) is 30.3 Å². The molecule has 0 atom stereocenters. The maximum Gasteiger partial charge on any atom is 0.330 e. The van der Waals surface area contributed by atoms with Crippen molar-refractivity contribution in [3.8, 4) is 0 Å². The standard InChI is InChI=1S/C12H15N3OS/c1-2-13-11(17)15-9-8-14(12(15)16)10-6-4-3-5-7-10/h3-7H,2,8-9H2,1H3,(H,13,17). The minimum absolute atomic E-state index is 0.0536. The molecule has 90 valence electrons. The van der Waals surface area contributed by atoms with Crippen LogP contribution in [0.2, 0.25) is 0 Å². The molecular formula is C12H15N3OS. The Morgan fingerprint density at radius 1 is 1.35 bits per heavy atom. The molecule has 0 aromatic heterocycles. The van der Waals surface area contributed by atoms with E-state index in [2.05, 4.69) is 5.32 Å². The lowest BCUT2D eigenvalue weighted by molar-refractivity contribution is 0.237. The third kappa shape index (κ3) is 2.39. The van der Waals surface area contributed by atoms with Crippen molar-refractivity contribution in [2.75, 3.05) is 24.5 Å². The fourth-order valence-electron chi connectivity index (χ4n) is 1.82. The molecule has 0 spiro atoms. The van der Waals surface area contributed by atoms with Crippen LogP contribution in [0.4, 0.5) is 10.5 Å². The highest BCUT2D eigenvalue weighted by molar-refractivity contribution is 7.80. The maximum atomic E-state index is 12.1. The number of thiocarbonyl (C=S) groups is 1. The predicted molar refractivity (Wildman–Crippen MR) is 72.2 cm³/mol. The van der Waals surface area contributed by atoms with Gasteiger partial charge in [0.25, 0.3) is 0 Å². The lowest BCUT2D eigenvalue weighted by Crippen LogP contribution is -2.42. The number of carbonyl (C=O) groups excluding carboxylic acids is 1. The lowest BCUT2D eigenvalue weighted by atomic mass is 10.3. The predicted octanol–water partition coefficient (Wildman–Crippen LogP) is 1.82. The van der Waals surface area contributed by atoms with Gasteiger partial charge in [0.05, 0.1) is 0 Å². The van der Waals surface area contributed by atoms with Crippen LogP contribution < -0.4 is 10.2 Å². The van der Waals surface area contributed by atoms with E-state index in [0.717, 1.165) is 12.2 Å². The maximum absolute atomic E-state index is 12.1. The van der Waals surface area contributed by atoms with E-state index >= 15 is 0 Å². The van der Waals surface area contributed by atoms with Crippen LogP contribution in [0.1, 0.15) is 6.92 Å². The van der Waals surface area contributed by atoms with Gasteiger partial charge in [-0.3, -0.25) is 9.80 Å². The van der Waals surface area contributed by atoms with Crippen molar-refractivity contribution in [2.24, 2.45) is 0 Å². The van der Waals surface area contributed by atoms with Crippen molar-refractivity contribution in [3.63, 3.8) is 0 Å². The third-order valence-corrected chi connectivity index (χ3v) is 3.01. The smallest absolute Gasteiger partial charge is 0.330 e. The summed E-state index contributed by atoms with van der Waals surface area (Å²) in [5, 5.41) is 3.51. The molecule has 0 aliphatic carbocycles. The first-order chi connectivity index (χ1) is 8.24. The normalized spacial score (nSPS) is 15.2. The molecule has 1 fully saturated rings. The molecule has 1 aromatic rings. The number of urea groups is 1. The van der Waals surface area contributed by atoms with Crippen LogP contribution in [0, 0.1) is 0 Å². The average Bonchev–Trinajstić information content (AvgIpc) is 2.72. The zero-order chi connectivity index (χ0) is 12.3. The van der Waals surface area contributed by atoms with Gasteiger partial charge in [-0.2, -0.15) is 0 Å². The summed E-state index contributed by atoms with van der Waals surface area (Å²) >= 11 is 5.16. The van der Waals surface area contributed by atoms with E-state index in [1.807, 2.05) is 37.3 Å². The molecule has 2 amide bonds. The van der Waals surface area contributed by atoms with E-state index < -0.39 is 0 Å². The summed E-state index contributed by atoms with van der Waals surface area (Å²) in [7, 11) is 0. The van der Waals surface area contributed by atoms with Crippen molar-refractivity contribution < 1.29 is 4.79 Å². The molecule has 2 rings (SSSR count). The number of carbonyl (C=O) groups is 1. The number of benzene rings is 1. The monoisotopic (exact) mass is 249 g/mol. The molecule has 1 saturated heterocycles. The Morgan fingerprint density at radius 2 is 2.06 bits per heavy atom. The van der Waals surface area contributed by atoms with Crippen LogP contribution in [0.25, 0.3) is 0 Å². The van der Waals surface area contributed by atoms with E-state index in [0.29, 0.717) is 18.2 Å². The quantitative estimate of drug-likeness (QED) is 0.812. The van der Waals surface area contributed by atoms with Crippen LogP contribution in [0.3, 0.4) is 0 Å². The third-order valence-electron chi connectivity index (χ3n) is 2.65. The van der Waals surface area contributed by atoms with Gasteiger partial charge in [0.2, 0.25) is 0 Å². The van der Waals surface area contributed by atoms with Crippen LogP contribution >= 0.6 is 12.2 Å². The highest BCUT2D eigenvalue weighted by Gasteiger charge is 2.31. The van der Waals surface area contributed by atoms with E-state index in [1.54, 1.807) is 9.80 Å². The summed E-state index contributed by atoms with van der Waals surface area (Å²) in [6.07, 6.45) is 0. The van der Waals surface area contributed by atoms with Gasteiger partial charge in [-0.15, -0.1) is 0 Å². The number of para-hydroxylation sites is 1. The second kappa shape index (κ2) is 5.14. The minimum Gasteiger partial charge on any atom is -0.362 e. The zero-order valence-electron chi connectivity index (χ0n) is 9.72. The van der Waals surface area contributed by atoms with Gasteiger partial charge in [0, 0.05) is 25.3 Å². The van der Waals surface area contributed by atoms with Crippen molar-refractivity contribution in [3.05, 3.63) is 30.3 Å². The van der Waals surface area contributed by atoms with E-state index in [-0.39, 0.29) is 6.03 Å². The number of nitrogens with zero attached hydrogens (tertiary/aromatic N) is 2. The van der Waals surface area contributed by atoms with Gasteiger partial charge >= 0.3 is 6.03 Å². The number of rotatable bonds is 2. The molecule has 0 unspecified atom stereocenters. The first-order valence-corrected chi connectivity index (χ1v) is 6.06. The van der Waals surface area contributed by atoms with Gasteiger partial charge in [0.15, 0.2) is 5.11 Å². The number of nitrogens with one attached hydrogen (secondary N) is 1. The summed E-state index contributed by atoms with van der Waals surface area (Å²) < 4.78 is 0. The Bertz CT molecular complexity index is 421. The lowest BCUT2D eigenvalue weighted by Gasteiger charge is -2.19. The molecular weight excluding hydrogens is 234 g/mol. The summed E-state index contributed by atoms with van der Waals surface area (Å²) in [4.78, 5) is 15.5. The Labute approximate surface area is 106 Å². The van der Waals surface area contributed by atoms with Gasteiger partial charge in [-0.05, 0) is 31.3 Å². The SMILES string of the molecule is CCNC(=S)N1CCN(c2ccccc2)C1=O. The molecule has 0 saturated carbocycles. The second-order valence-corrected chi connectivity index (χ2v) is 4.14. The molecule has 5 heteroatoms. The first-order valence-electron chi connectivity index (χ1n) is 5.66. The number of anilines is 1. The van der Waals surface area contributed by atoms with E-state index in [4.69, 9.17) is 12.2 Å². The molecule has 1 heterocycles. The van der Waals surface area contributed by atoms with Crippen LogP contribution in [0.5, 0.6) is 0 Å². The minimum atomic E-state index is -0.0536. The molecule has 1 aromatic carbocycles. The second-order valence-electron chi connectivity index (χ2n) is 3.76. The van der Waals surface area contributed by atoms with Crippen LogP contribution in [-0.4, -0.2) is 35.7 Å². The summed E-state index contributed by atoms with van der Waals surface area (Å²) in [6.45, 7) is 4.00. The fraction of sp³-hybridized carbons (Fsp3) is 0.333. The number of hydrogen-bond donors (Lipinski definition) is 1. The zero-order valence-corrected chi connectivity index (χ0v) is 10.5. The Kier molecular flexibility index (Phi) is 3.58. The summed E-state index contributed by atoms with van der Waals surface area (Å²) in [5.41, 5.74) is 0.916. The molecule has 0 radical (unpaired) electrons. The highest BCUT2D eigenvalue weighted by atomic mass is 32.1. The topological polar surface area (TPSA) is 35.6 Å². The Balaban J connectivity index is 2.10. The van der Waals surface area contributed by atoms with Crippen molar-refractivity contribution in [2.45, 2.75) is 6.92 Å². The molecule has 4 nitrogen and oxygen atoms in total. The van der Waals surface area contributed by atoms with Crippen molar-refractivity contribution in [1.29, 1.82) is 0 Å². The first kappa shape index (κ1) is 11.9. The highest BCUT2D eigenvalue weighted by Crippen LogP contribution is 2.19. The molecule has 0 bridgehead atoms. The molecule has 1 N–H and O–H groups in total. The van der Waals surface area contributed by atoms with Gasteiger partial charge in [0.1, 0.15) is 0 Å². The van der Waals surface area contributed by atoms with E-state index in [1.165, 1.54) is 0 Å². The average molecular weight is 249 g/mol. The molecule has 1 aliphatic heterocycles. The fourth-order valence-corrected chi connectivity index (χ4v) is 2.13. The summed E-state index contributed by atoms with van der Waals surface area (Å²) in [5.74, 6) is 0. The van der Waals surface area contributed by atoms with Crippen LogP contribution in [-0.2, 0) is 0 Å². The summed E-state index contributed by atoms with van der Waals surface area (Å²) in [6, 6.07) is 9.59. The van der Waals surface area contributed by atoms with Gasteiger partial charge in [-0.1, -0.05) is 18.2 Å².